The number of amides is 1. The molecular weight excluding hydrogens is 284 g/mol. The van der Waals surface area contributed by atoms with Crippen LogP contribution < -0.4 is 5.32 Å². The fourth-order valence-corrected chi connectivity index (χ4v) is 2.89. The van der Waals surface area contributed by atoms with Gasteiger partial charge >= 0.3 is 0 Å². The lowest BCUT2D eigenvalue weighted by molar-refractivity contribution is 0.102. The van der Waals surface area contributed by atoms with E-state index in [4.69, 9.17) is 0 Å². The van der Waals surface area contributed by atoms with E-state index in [2.05, 4.69) is 36.2 Å². The number of anilines is 1. The van der Waals surface area contributed by atoms with Gasteiger partial charge in [-0.3, -0.25) is 14.8 Å². The Hall–Kier alpha value is -1.69. The van der Waals surface area contributed by atoms with E-state index in [0.717, 1.165) is 11.4 Å². The summed E-state index contributed by atoms with van der Waals surface area (Å²) in [5, 5.41) is 9.76. The minimum absolute atomic E-state index is 0.0186. The van der Waals surface area contributed by atoms with Crippen LogP contribution in [-0.2, 0) is 5.41 Å². The van der Waals surface area contributed by atoms with Crippen molar-refractivity contribution >= 4 is 22.4 Å². The Bertz CT molecular complexity index is 649. The third-order valence-electron chi connectivity index (χ3n) is 3.14. The first-order valence-corrected chi connectivity index (χ1v) is 7.90. The molecule has 0 bridgehead atoms. The minimum Gasteiger partial charge on any atom is -0.296 e. The number of aryl methyl sites for hydroxylation is 1. The third-order valence-corrected chi connectivity index (χ3v) is 3.90. The number of hydrogen-bond acceptors (Lipinski definition) is 4. The summed E-state index contributed by atoms with van der Waals surface area (Å²) in [5.41, 5.74) is 2.36. The molecule has 6 heteroatoms. The number of aromatic nitrogens is 3. The molecule has 0 fully saturated rings. The molecule has 0 unspecified atom stereocenters. The van der Waals surface area contributed by atoms with E-state index >= 15 is 0 Å². The summed E-state index contributed by atoms with van der Waals surface area (Å²) in [6.07, 6.45) is 0. The highest BCUT2D eigenvalue weighted by Gasteiger charge is 2.19. The molecule has 0 saturated heterocycles. The number of thiazole rings is 1. The number of nitrogens with one attached hydrogen (secondary N) is 1. The highest BCUT2D eigenvalue weighted by molar-refractivity contribution is 7.14. The monoisotopic (exact) mass is 306 g/mol. The molecule has 114 valence electrons. The summed E-state index contributed by atoms with van der Waals surface area (Å²) in [6, 6.07) is 2.03. The Kier molecular flexibility index (Phi) is 4.18. The lowest BCUT2D eigenvalue weighted by Gasteiger charge is -2.14. The van der Waals surface area contributed by atoms with Gasteiger partial charge in [-0.05, 0) is 26.8 Å². The van der Waals surface area contributed by atoms with Crippen LogP contribution in [0.25, 0.3) is 0 Å². The van der Waals surface area contributed by atoms with Crippen molar-refractivity contribution in [1.29, 1.82) is 0 Å². The predicted octanol–water partition coefficient (Wildman–Crippen LogP) is 3.78. The number of carbonyl (C=O) groups is 1. The summed E-state index contributed by atoms with van der Waals surface area (Å²) in [4.78, 5) is 16.7. The fourth-order valence-electron chi connectivity index (χ4n) is 1.96. The molecule has 0 spiro atoms. The zero-order valence-corrected chi connectivity index (χ0v) is 14.2. The smallest absolute Gasteiger partial charge is 0.277 e. The van der Waals surface area contributed by atoms with E-state index in [9.17, 15) is 4.79 Å². The van der Waals surface area contributed by atoms with Crippen LogP contribution in [0.2, 0.25) is 0 Å². The summed E-state index contributed by atoms with van der Waals surface area (Å²) in [5.74, 6) is -0.215. The van der Waals surface area contributed by atoms with Gasteiger partial charge in [0.1, 0.15) is 0 Å². The van der Waals surface area contributed by atoms with Gasteiger partial charge in [0.2, 0.25) is 0 Å². The predicted molar refractivity (Wildman–Crippen MR) is 86.1 cm³/mol. The zero-order chi connectivity index (χ0) is 15.8. The second-order valence-electron chi connectivity index (χ2n) is 6.45. The molecule has 0 aliphatic heterocycles. The van der Waals surface area contributed by atoms with Crippen molar-refractivity contribution in [2.24, 2.45) is 0 Å². The van der Waals surface area contributed by atoms with Crippen molar-refractivity contribution in [2.75, 3.05) is 5.32 Å². The van der Waals surface area contributed by atoms with Crippen LogP contribution in [0.4, 0.5) is 5.13 Å². The van der Waals surface area contributed by atoms with E-state index in [-0.39, 0.29) is 17.4 Å². The molecule has 0 radical (unpaired) electrons. The topological polar surface area (TPSA) is 59.8 Å². The molecular formula is C15H22N4OS. The van der Waals surface area contributed by atoms with Gasteiger partial charge in [0.15, 0.2) is 10.8 Å². The van der Waals surface area contributed by atoms with Crippen molar-refractivity contribution in [3.05, 3.63) is 28.5 Å². The van der Waals surface area contributed by atoms with Crippen LogP contribution in [0.15, 0.2) is 11.4 Å². The first-order chi connectivity index (χ1) is 9.68. The van der Waals surface area contributed by atoms with E-state index in [1.54, 1.807) is 6.07 Å². The summed E-state index contributed by atoms with van der Waals surface area (Å²) >= 11 is 1.44. The van der Waals surface area contributed by atoms with Crippen molar-refractivity contribution in [3.8, 4) is 0 Å². The van der Waals surface area contributed by atoms with Crippen LogP contribution in [0.5, 0.6) is 0 Å². The lowest BCUT2D eigenvalue weighted by atomic mass is 9.93. The van der Waals surface area contributed by atoms with Gasteiger partial charge in [0.25, 0.3) is 5.91 Å². The summed E-state index contributed by atoms with van der Waals surface area (Å²) in [7, 11) is 0. The minimum atomic E-state index is -0.215. The first-order valence-electron chi connectivity index (χ1n) is 7.02. The van der Waals surface area contributed by atoms with Crippen LogP contribution in [0.3, 0.4) is 0 Å². The Morgan fingerprint density at radius 3 is 2.52 bits per heavy atom. The Morgan fingerprint density at radius 1 is 1.38 bits per heavy atom. The first kappa shape index (κ1) is 15.7. The molecule has 0 aromatic carbocycles. The van der Waals surface area contributed by atoms with E-state index in [1.807, 2.05) is 30.8 Å². The maximum Gasteiger partial charge on any atom is 0.277 e. The second kappa shape index (κ2) is 5.60. The Balaban J connectivity index is 2.15. The van der Waals surface area contributed by atoms with Crippen molar-refractivity contribution in [3.63, 3.8) is 0 Å². The van der Waals surface area contributed by atoms with Crippen LogP contribution in [0, 0.1) is 6.92 Å². The van der Waals surface area contributed by atoms with Gasteiger partial charge in [-0.2, -0.15) is 5.10 Å². The maximum absolute atomic E-state index is 12.2. The largest absolute Gasteiger partial charge is 0.296 e. The number of rotatable bonds is 3. The van der Waals surface area contributed by atoms with E-state index in [1.165, 1.54) is 11.3 Å². The molecule has 21 heavy (non-hydrogen) atoms. The SMILES string of the molecule is Cc1cc(C(=O)Nc2nc(C(C)(C)C)cs2)nn1C(C)C. The average Bonchev–Trinajstić information content (AvgIpc) is 2.94. The van der Waals surface area contributed by atoms with Gasteiger partial charge < -0.3 is 0 Å². The molecule has 0 aliphatic carbocycles. The summed E-state index contributed by atoms with van der Waals surface area (Å²) < 4.78 is 1.84. The zero-order valence-electron chi connectivity index (χ0n) is 13.4. The van der Waals surface area contributed by atoms with Gasteiger partial charge in [0.05, 0.1) is 5.69 Å². The molecule has 0 aliphatic rings. The van der Waals surface area contributed by atoms with Crippen molar-refractivity contribution < 1.29 is 4.79 Å². The van der Waals surface area contributed by atoms with Gasteiger partial charge in [-0.15, -0.1) is 11.3 Å². The number of hydrogen-bond donors (Lipinski definition) is 1. The van der Waals surface area contributed by atoms with Crippen LogP contribution in [-0.4, -0.2) is 20.7 Å². The van der Waals surface area contributed by atoms with Crippen molar-refractivity contribution in [1.82, 2.24) is 14.8 Å². The molecule has 2 rings (SSSR count). The standard InChI is InChI=1S/C15H22N4OS/c1-9(2)19-10(3)7-11(18-19)13(20)17-14-16-12(8-21-14)15(4,5)6/h7-9H,1-6H3,(H,16,17,20). The molecule has 0 atom stereocenters. The number of nitrogens with zero attached hydrogens (tertiary/aromatic N) is 3. The van der Waals surface area contributed by atoms with Crippen LogP contribution in [0.1, 0.15) is 62.5 Å². The van der Waals surface area contributed by atoms with Crippen LogP contribution >= 0.6 is 11.3 Å². The molecule has 1 N–H and O–H groups in total. The second-order valence-corrected chi connectivity index (χ2v) is 7.31. The third kappa shape index (κ3) is 3.50. The number of carbonyl (C=O) groups excluding carboxylic acids is 1. The van der Waals surface area contributed by atoms with Crippen molar-refractivity contribution in [2.45, 2.75) is 53.0 Å². The van der Waals surface area contributed by atoms with Gasteiger partial charge in [-0.25, -0.2) is 4.98 Å². The highest BCUT2D eigenvalue weighted by atomic mass is 32.1. The molecule has 0 saturated carbocycles. The lowest BCUT2D eigenvalue weighted by Crippen LogP contribution is -2.15. The Labute approximate surface area is 129 Å². The normalized spacial score (nSPS) is 12.0. The Morgan fingerprint density at radius 2 is 2.05 bits per heavy atom. The highest BCUT2D eigenvalue weighted by Crippen LogP contribution is 2.26. The average molecular weight is 306 g/mol. The van der Waals surface area contributed by atoms with E-state index in [0.29, 0.717) is 10.8 Å². The van der Waals surface area contributed by atoms with Gasteiger partial charge in [0, 0.05) is 22.5 Å². The van der Waals surface area contributed by atoms with E-state index < -0.39 is 0 Å². The summed E-state index contributed by atoms with van der Waals surface area (Å²) in [6.45, 7) is 12.3. The maximum atomic E-state index is 12.2. The molecule has 1 amide bonds. The molecule has 2 heterocycles. The molecule has 5 nitrogen and oxygen atoms in total. The molecule has 2 aromatic rings. The quantitative estimate of drug-likeness (QED) is 0.938. The molecule has 2 aromatic heterocycles. The fraction of sp³-hybridized carbons (Fsp3) is 0.533. The van der Waals surface area contributed by atoms with Gasteiger partial charge in [-0.1, -0.05) is 20.8 Å².